The predicted molar refractivity (Wildman–Crippen MR) is 103 cm³/mol. The van der Waals surface area contributed by atoms with Crippen molar-refractivity contribution < 1.29 is 26.4 Å². The predicted octanol–water partition coefficient (Wildman–Crippen LogP) is 4.06. The van der Waals surface area contributed by atoms with E-state index in [9.17, 15) is 26.4 Å². The quantitative estimate of drug-likeness (QED) is 0.784. The maximum Gasteiger partial charge on any atom is 0.416 e. The molecule has 0 spiro atoms. The number of rotatable bonds is 5. The van der Waals surface area contributed by atoms with Crippen molar-refractivity contribution in [3.8, 4) is 0 Å². The van der Waals surface area contributed by atoms with Crippen LogP contribution in [-0.2, 0) is 27.4 Å². The molecule has 0 unspecified atom stereocenters. The lowest BCUT2D eigenvalue weighted by atomic mass is 10.1. The van der Waals surface area contributed by atoms with Gasteiger partial charge in [0.25, 0.3) is 0 Å². The van der Waals surface area contributed by atoms with Crippen LogP contribution in [0.5, 0.6) is 0 Å². The van der Waals surface area contributed by atoms with Gasteiger partial charge < -0.3 is 5.32 Å². The molecule has 5 nitrogen and oxygen atoms in total. The molecule has 1 aliphatic rings. The molecular weight excluding hydrogens is 405 g/mol. The van der Waals surface area contributed by atoms with Crippen LogP contribution in [0.15, 0.2) is 53.4 Å². The Labute approximate surface area is 167 Å². The van der Waals surface area contributed by atoms with Gasteiger partial charge in [0.2, 0.25) is 15.9 Å². The molecule has 0 saturated carbocycles. The fourth-order valence-corrected chi connectivity index (χ4v) is 4.80. The molecule has 0 aliphatic carbocycles. The van der Waals surface area contributed by atoms with Crippen molar-refractivity contribution in [2.75, 3.05) is 18.4 Å². The fraction of sp³-hybridized carbons (Fsp3) is 0.350. The number of sulfonamides is 1. The second-order valence-electron chi connectivity index (χ2n) is 6.92. The van der Waals surface area contributed by atoms with E-state index in [4.69, 9.17) is 0 Å². The Bertz CT molecular complexity index is 984. The van der Waals surface area contributed by atoms with Crippen molar-refractivity contribution in [3.63, 3.8) is 0 Å². The van der Waals surface area contributed by atoms with Gasteiger partial charge in [0.1, 0.15) is 0 Å². The van der Waals surface area contributed by atoms with E-state index >= 15 is 0 Å². The monoisotopic (exact) mass is 426 g/mol. The SMILES string of the molecule is O=C(Cc1cccc(C(F)(F)F)c1)Nc1cccc(S(=O)(=O)N2CCCCC2)c1. The highest BCUT2D eigenvalue weighted by Crippen LogP contribution is 2.29. The van der Waals surface area contributed by atoms with Crippen molar-refractivity contribution in [3.05, 3.63) is 59.7 Å². The maximum atomic E-state index is 12.8. The Kier molecular flexibility index (Phi) is 6.28. The molecule has 0 bridgehead atoms. The summed E-state index contributed by atoms with van der Waals surface area (Å²) in [6.45, 7) is 0.933. The summed E-state index contributed by atoms with van der Waals surface area (Å²) in [5.41, 5.74) is -0.327. The van der Waals surface area contributed by atoms with Crippen LogP contribution in [0.3, 0.4) is 0 Å². The van der Waals surface area contributed by atoms with Crippen LogP contribution in [0.4, 0.5) is 18.9 Å². The number of anilines is 1. The lowest BCUT2D eigenvalue weighted by Crippen LogP contribution is -2.35. The van der Waals surface area contributed by atoms with Gasteiger partial charge in [0.05, 0.1) is 16.9 Å². The minimum Gasteiger partial charge on any atom is -0.326 e. The van der Waals surface area contributed by atoms with Crippen LogP contribution in [-0.4, -0.2) is 31.7 Å². The molecule has 1 heterocycles. The number of nitrogens with zero attached hydrogens (tertiary/aromatic N) is 1. The molecule has 1 fully saturated rings. The van der Waals surface area contributed by atoms with Gasteiger partial charge in [-0.3, -0.25) is 4.79 Å². The van der Waals surface area contributed by atoms with Gasteiger partial charge in [-0.1, -0.05) is 30.7 Å². The number of hydrogen-bond acceptors (Lipinski definition) is 3. The highest BCUT2D eigenvalue weighted by atomic mass is 32.2. The van der Waals surface area contributed by atoms with Gasteiger partial charge in [-0.2, -0.15) is 17.5 Å². The third-order valence-corrected chi connectivity index (χ3v) is 6.58. The summed E-state index contributed by atoms with van der Waals surface area (Å²) in [5.74, 6) is -0.531. The number of carbonyl (C=O) groups excluding carboxylic acids is 1. The number of benzene rings is 2. The molecule has 9 heteroatoms. The Balaban J connectivity index is 1.71. The molecule has 156 valence electrons. The van der Waals surface area contributed by atoms with E-state index in [0.717, 1.165) is 31.4 Å². The van der Waals surface area contributed by atoms with Crippen LogP contribution in [0.25, 0.3) is 0 Å². The van der Waals surface area contributed by atoms with Gasteiger partial charge in [0.15, 0.2) is 0 Å². The van der Waals surface area contributed by atoms with Crippen LogP contribution in [0.1, 0.15) is 30.4 Å². The van der Waals surface area contributed by atoms with E-state index in [1.807, 2.05) is 0 Å². The maximum absolute atomic E-state index is 12.8. The molecule has 1 saturated heterocycles. The number of hydrogen-bond donors (Lipinski definition) is 1. The Morgan fingerprint density at radius 2 is 1.69 bits per heavy atom. The van der Waals surface area contributed by atoms with E-state index in [1.54, 1.807) is 6.07 Å². The van der Waals surface area contributed by atoms with E-state index in [0.29, 0.717) is 13.1 Å². The van der Waals surface area contributed by atoms with Gasteiger partial charge in [-0.15, -0.1) is 0 Å². The fourth-order valence-electron chi connectivity index (χ4n) is 3.24. The Hall–Kier alpha value is -2.39. The van der Waals surface area contributed by atoms with E-state index in [-0.39, 0.29) is 22.6 Å². The zero-order valence-corrected chi connectivity index (χ0v) is 16.4. The second-order valence-corrected chi connectivity index (χ2v) is 8.85. The topological polar surface area (TPSA) is 66.5 Å². The summed E-state index contributed by atoms with van der Waals surface area (Å²) >= 11 is 0. The Morgan fingerprint density at radius 1 is 1.00 bits per heavy atom. The first-order valence-corrected chi connectivity index (χ1v) is 10.7. The summed E-state index contributed by atoms with van der Waals surface area (Å²) in [6, 6.07) is 10.5. The number of halogens is 3. The summed E-state index contributed by atoms with van der Waals surface area (Å²) in [6.07, 6.45) is -2.12. The van der Waals surface area contributed by atoms with Gasteiger partial charge in [-0.05, 0) is 42.7 Å². The molecular formula is C20H21F3N2O3S. The van der Waals surface area contributed by atoms with Crippen LogP contribution in [0, 0.1) is 0 Å². The first-order chi connectivity index (χ1) is 13.7. The van der Waals surface area contributed by atoms with E-state index < -0.39 is 27.7 Å². The lowest BCUT2D eigenvalue weighted by Gasteiger charge is -2.26. The minimum atomic E-state index is -4.48. The van der Waals surface area contributed by atoms with Gasteiger partial charge in [-0.25, -0.2) is 8.42 Å². The first-order valence-electron chi connectivity index (χ1n) is 9.22. The van der Waals surface area contributed by atoms with Crippen molar-refractivity contribution in [1.29, 1.82) is 0 Å². The standard InChI is InChI=1S/C20H21F3N2O3S/c21-20(22,23)16-7-4-6-15(12-16)13-19(26)24-17-8-5-9-18(14-17)29(27,28)25-10-2-1-3-11-25/h4-9,12,14H,1-3,10-11,13H2,(H,24,26). The molecule has 0 aromatic heterocycles. The van der Waals surface area contributed by atoms with Crippen molar-refractivity contribution >= 4 is 21.6 Å². The smallest absolute Gasteiger partial charge is 0.326 e. The molecule has 1 aliphatic heterocycles. The zero-order valence-electron chi connectivity index (χ0n) is 15.6. The van der Waals surface area contributed by atoms with Crippen molar-refractivity contribution in [1.82, 2.24) is 4.31 Å². The van der Waals surface area contributed by atoms with Gasteiger partial charge >= 0.3 is 6.18 Å². The largest absolute Gasteiger partial charge is 0.416 e. The molecule has 0 radical (unpaired) electrons. The van der Waals surface area contributed by atoms with E-state index in [1.165, 1.54) is 34.6 Å². The Morgan fingerprint density at radius 3 is 2.38 bits per heavy atom. The second kappa shape index (κ2) is 8.54. The third-order valence-electron chi connectivity index (χ3n) is 4.69. The van der Waals surface area contributed by atoms with Crippen molar-refractivity contribution in [2.45, 2.75) is 36.8 Å². The molecule has 29 heavy (non-hydrogen) atoms. The van der Waals surface area contributed by atoms with Crippen LogP contribution in [0.2, 0.25) is 0 Å². The number of piperidine rings is 1. The molecule has 3 rings (SSSR count). The average molecular weight is 426 g/mol. The molecule has 2 aromatic rings. The molecule has 1 N–H and O–H groups in total. The van der Waals surface area contributed by atoms with Crippen LogP contribution < -0.4 is 5.32 Å². The third kappa shape index (κ3) is 5.36. The van der Waals surface area contributed by atoms with Crippen molar-refractivity contribution in [2.24, 2.45) is 0 Å². The van der Waals surface area contributed by atoms with Gasteiger partial charge in [0, 0.05) is 18.8 Å². The summed E-state index contributed by atoms with van der Waals surface area (Å²) < 4.78 is 65.3. The molecule has 1 amide bonds. The number of carbonyl (C=O) groups is 1. The molecule has 2 aromatic carbocycles. The number of alkyl halides is 3. The highest BCUT2D eigenvalue weighted by molar-refractivity contribution is 7.89. The first kappa shape index (κ1) is 21.3. The zero-order chi connectivity index (χ0) is 21.1. The molecule has 0 atom stereocenters. The highest BCUT2D eigenvalue weighted by Gasteiger charge is 2.30. The van der Waals surface area contributed by atoms with Crippen LogP contribution >= 0.6 is 0 Å². The minimum absolute atomic E-state index is 0.0799. The average Bonchev–Trinajstić information content (AvgIpc) is 2.68. The lowest BCUT2D eigenvalue weighted by molar-refractivity contribution is -0.137. The number of nitrogens with one attached hydrogen (secondary N) is 1. The van der Waals surface area contributed by atoms with E-state index in [2.05, 4.69) is 5.32 Å². The summed E-state index contributed by atoms with van der Waals surface area (Å²) in [4.78, 5) is 12.3. The summed E-state index contributed by atoms with van der Waals surface area (Å²) in [7, 11) is -3.64. The number of amides is 1. The normalized spacial score (nSPS) is 15.8. The summed E-state index contributed by atoms with van der Waals surface area (Å²) in [5, 5.41) is 2.56.